The van der Waals surface area contributed by atoms with Crippen molar-refractivity contribution in [3.63, 3.8) is 0 Å². The molecule has 1 amide bonds. The van der Waals surface area contributed by atoms with E-state index in [4.69, 9.17) is 0 Å². The molecule has 0 radical (unpaired) electrons. The van der Waals surface area contributed by atoms with Crippen LogP contribution in [0.4, 0.5) is 0 Å². The van der Waals surface area contributed by atoms with Crippen LogP contribution in [0.5, 0.6) is 0 Å². The topological polar surface area (TPSA) is 91.1 Å². The molecule has 6 heteroatoms. The Bertz CT molecular complexity index is 885. The fourth-order valence-corrected chi connectivity index (χ4v) is 4.00. The molecule has 0 saturated heterocycles. The molecule has 0 fully saturated rings. The molecule has 2 atom stereocenters. The van der Waals surface area contributed by atoms with Gasteiger partial charge >= 0.3 is 0 Å². The number of hydrogen-bond donors (Lipinski definition) is 3. The van der Waals surface area contributed by atoms with Gasteiger partial charge in [-0.25, -0.2) is 0 Å². The molecule has 0 saturated carbocycles. The van der Waals surface area contributed by atoms with Crippen molar-refractivity contribution in [3.8, 4) is 0 Å². The highest BCUT2D eigenvalue weighted by Gasteiger charge is 2.28. The van der Waals surface area contributed by atoms with Crippen molar-refractivity contribution in [2.24, 2.45) is 11.8 Å². The van der Waals surface area contributed by atoms with Gasteiger partial charge in [0.05, 0.1) is 6.04 Å². The third kappa shape index (κ3) is 7.62. The molecule has 170 valence electrons. The highest BCUT2D eigenvalue weighted by Crippen LogP contribution is 2.22. The molecule has 0 aliphatic carbocycles. The highest BCUT2D eigenvalue weighted by molar-refractivity contribution is 5.92. The number of ketones is 2. The van der Waals surface area contributed by atoms with Crippen LogP contribution in [0, 0.1) is 11.8 Å². The first-order chi connectivity index (χ1) is 14.7. The minimum absolute atomic E-state index is 0.0671. The summed E-state index contributed by atoms with van der Waals surface area (Å²) in [5.41, 5.74) is 2.15. The molecular weight excluding hydrogens is 390 g/mol. The Balaban J connectivity index is 2.13. The molecule has 2 rings (SSSR count). The van der Waals surface area contributed by atoms with Crippen molar-refractivity contribution in [2.45, 2.75) is 72.4 Å². The second kappa shape index (κ2) is 11.8. The minimum Gasteiger partial charge on any atom is -0.361 e. The molecule has 1 aromatic heterocycles. The van der Waals surface area contributed by atoms with Gasteiger partial charge in [0.2, 0.25) is 5.91 Å². The SMILES string of the molecule is CC(=O)NCCC[C@@H](CC(=O)[C@H](Cc1c[nH]c2ccccc12)NC(C)C)C(=O)C(C)C. The van der Waals surface area contributed by atoms with Crippen LogP contribution in [-0.2, 0) is 20.8 Å². The number of fused-ring (bicyclic) bond motifs is 1. The van der Waals surface area contributed by atoms with Gasteiger partial charge in [0.15, 0.2) is 5.78 Å². The Hall–Kier alpha value is -2.47. The van der Waals surface area contributed by atoms with Gasteiger partial charge in [0.1, 0.15) is 5.78 Å². The number of carbonyl (C=O) groups is 3. The molecule has 1 heterocycles. The predicted octanol–water partition coefficient (Wildman–Crippen LogP) is 3.79. The molecule has 0 unspecified atom stereocenters. The summed E-state index contributed by atoms with van der Waals surface area (Å²) < 4.78 is 0. The number of aromatic amines is 1. The lowest BCUT2D eigenvalue weighted by Crippen LogP contribution is -2.43. The summed E-state index contributed by atoms with van der Waals surface area (Å²) in [6, 6.07) is 7.87. The molecule has 0 aliphatic heterocycles. The number of H-pyrrole nitrogens is 1. The second-order valence-electron chi connectivity index (χ2n) is 8.99. The molecule has 6 nitrogen and oxygen atoms in total. The Morgan fingerprint density at radius 2 is 1.77 bits per heavy atom. The first-order valence-electron chi connectivity index (χ1n) is 11.3. The van der Waals surface area contributed by atoms with Gasteiger partial charge in [-0.1, -0.05) is 45.9 Å². The normalized spacial score (nSPS) is 13.5. The summed E-state index contributed by atoms with van der Waals surface area (Å²) in [4.78, 5) is 40.5. The number of Topliss-reactive ketones (excluding diaryl/α,β-unsaturated/α-hetero) is 2. The quantitative estimate of drug-likeness (QED) is 0.424. The predicted molar refractivity (Wildman–Crippen MR) is 125 cm³/mol. The summed E-state index contributed by atoms with van der Waals surface area (Å²) >= 11 is 0. The summed E-state index contributed by atoms with van der Waals surface area (Å²) in [6.45, 7) is 9.81. The molecule has 0 spiro atoms. The number of carbonyl (C=O) groups excluding carboxylic acids is 3. The van der Waals surface area contributed by atoms with Crippen LogP contribution in [0.2, 0.25) is 0 Å². The van der Waals surface area contributed by atoms with Gasteiger partial charge in [-0.15, -0.1) is 0 Å². The Labute approximate surface area is 185 Å². The number of amides is 1. The van der Waals surface area contributed by atoms with E-state index in [9.17, 15) is 14.4 Å². The van der Waals surface area contributed by atoms with Gasteiger partial charge in [0, 0.05) is 54.9 Å². The molecule has 3 N–H and O–H groups in total. The fraction of sp³-hybridized carbons (Fsp3) is 0.560. The van der Waals surface area contributed by atoms with E-state index in [0.29, 0.717) is 25.8 Å². The summed E-state index contributed by atoms with van der Waals surface area (Å²) in [5, 5.41) is 7.29. The van der Waals surface area contributed by atoms with Crippen molar-refractivity contribution < 1.29 is 14.4 Å². The van der Waals surface area contributed by atoms with E-state index in [2.05, 4.69) is 21.7 Å². The van der Waals surface area contributed by atoms with Crippen molar-refractivity contribution in [3.05, 3.63) is 36.0 Å². The van der Waals surface area contributed by atoms with E-state index in [1.54, 1.807) is 0 Å². The van der Waals surface area contributed by atoms with Gasteiger partial charge in [-0.05, 0) is 30.9 Å². The van der Waals surface area contributed by atoms with E-state index in [-0.39, 0.29) is 47.8 Å². The van der Waals surface area contributed by atoms with E-state index in [1.807, 2.05) is 52.1 Å². The largest absolute Gasteiger partial charge is 0.361 e. The zero-order valence-electron chi connectivity index (χ0n) is 19.5. The lowest BCUT2D eigenvalue weighted by Gasteiger charge is -2.23. The number of nitrogens with one attached hydrogen (secondary N) is 3. The van der Waals surface area contributed by atoms with Gasteiger partial charge < -0.3 is 15.6 Å². The second-order valence-corrected chi connectivity index (χ2v) is 8.99. The third-order valence-corrected chi connectivity index (χ3v) is 5.54. The first kappa shape index (κ1) is 24.8. The van der Waals surface area contributed by atoms with E-state index < -0.39 is 0 Å². The lowest BCUT2D eigenvalue weighted by atomic mass is 9.85. The van der Waals surface area contributed by atoms with Crippen LogP contribution in [0.15, 0.2) is 30.5 Å². The first-order valence-corrected chi connectivity index (χ1v) is 11.3. The molecule has 0 aliphatic rings. The number of aromatic nitrogens is 1. The third-order valence-electron chi connectivity index (χ3n) is 5.54. The van der Waals surface area contributed by atoms with E-state index in [1.165, 1.54) is 6.92 Å². The average molecular weight is 428 g/mol. The number of benzene rings is 1. The van der Waals surface area contributed by atoms with Crippen molar-refractivity contribution in [1.29, 1.82) is 0 Å². The van der Waals surface area contributed by atoms with Crippen LogP contribution >= 0.6 is 0 Å². The average Bonchev–Trinajstić information content (AvgIpc) is 3.11. The maximum Gasteiger partial charge on any atom is 0.216 e. The van der Waals surface area contributed by atoms with Gasteiger partial charge in [-0.3, -0.25) is 14.4 Å². The molecule has 1 aromatic carbocycles. The zero-order chi connectivity index (χ0) is 23.0. The van der Waals surface area contributed by atoms with E-state index >= 15 is 0 Å². The summed E-state index contributed by atoms with van der Waals surface area (Å²) in [7, 11) is 0. The van der Waals surface area contributed by atoms with Crippen LogP contribution in [0.1, 0.15) is 59.4 Å². The maximum atomic E-state index is 13.3. The van der Waals surface area contributed by atoms with Crippen molar-refractivity contribution >= 4 is 28.4 Å². The van der Waals surface area contributed by atoms with Crippen molar-refractivity contribution in [2.75, 3.05) is 6.54 Å². The van der Waals surface area contributed by atoms with Crippen molar-refractivity contribution in [1.82, 2.24) is 15.6 Å². The smallest absolute Gasteiger partial charge is 0.216 e. The lowest BCUT2D eigenvalue weighted by molar-refractivity contribution is -0.131. The molecule has 31 heavy (non-hydrogen) atoms. The number of para-hydroxylation sites is 1. The fourth-order valence-electron chi connectivity index (χ4n) is 4.00. The van der Waals surface area contributed by atoms with Gasteiger partial charge in [-0.2, -0.15) is 0 Å². The molecule has 0 bridgehead atoms. The number of rotatable bonds is 13. The van der Waals surface area contributed by atoms with Gasteiger partial charge in [0.25, 0.3) is 0 Å². The van der Waals surface area contributed by atoms with Crippen LogP contribution in [0.3, 0.4) is 0 Å². The summed E-state index contributed by atoms with van der Waals surface area (Å²) in [6.07, 6.45) is 4.06. The highest BCUT2D eigenvalue weighted by atomic mass is 16.1. The van der Waals surface area contributed by atoms with Crippen LogP contribution in [0.25, 0.3) is 10.9 Å². The van der Waals surface area contributed by atoms with Crippen LogP contribution in [-0.4, -0.2) is 41.1 Å². The Morgan fingerprint density at radius 1 is 1.06 bits per heavy atom. The minimum atomic E-state index is -0.350. The van der Waals surface area contributed by atoms with E-state index in [0.717, 1.165) is 16.5 Å². The van der Waals surface area contributed by atoms with Crippen LogP contribution < -0.4 is 10.6 Å². The summed E-state index contributed by atoms with van der Waals surface area (Å²) in [5.74, 6) is -0.337. The monoisotopic (exact) mass is 427 g/mol. The molecular formula is C25H37N3O3. The number of hydrogen-bond acceptors (Lipinski definition) is 4. The zero-order valence-corrected chi connectivity index (χ0v) is 19.5. The Kier molecular flexibility index (Phi) is 9.44. The Morgan fingerprint density at radius 3 is 2.42 bits per heavy atom. The maximum absolute atomic E-state index is 13.3. The standard InChI is InChI=1S/C25H37N3O3/c1-16(2)25(31)19(9-8-12-26-18(5)29)14-24(30)23(28-17(3)4)13-20-15-27-22-11-7-6-10-21(20)22/h6-7,10-11,15-17,19,23,27-28H,8-9,12-14H2,1-5H3,(H,26,29)/t19-,23-/m0/s1. The molecule has 2 aromatic rings.